The molecule has 218 valence electrons. The molecule has 2 unspecified atom stereocenters. The number of halogens is 3. The van der Waals surface area contributed by atoms with E-state index in [1.165, 1.54) is 35.5 Å². The van der Waals surface area contributed by atoms with Gasteiger partial charge in [0.05, 0.1) is 5.70 Å². The molecule has 42 heavy (non-hydrogen) atoms. The second kappa shape index (κ2) is 12.4. The van der Waals surface area contributed by atoms with Gasteiger partial charge in [-0.05, 0) is 23.6 Å². The van der Waals surface area contributed by atoms with Crippen molar-refractivity contribution >= 4 is 29.2 Å². The first-order chi connectivity index (χ1) is 19.9. The van der Waals surface area contributed by atoms with Gasteiger partial charge in [0.2, 0.25) is 5.91 Å². The van der Waals surface area contributed by atoms with Gasteiger partial charge in [-0.1, -0.05) is 80.6 Å². The fourth-order valence-electron chi connectivity index (χ4n) is 4.89. The Hall–Kier alpha value is -4.80. The van der Waals surface area contributed by atoms with Gasteiger partial charge in [-0.3, -0.25) is 29.1 Å². The lowest BCUT2D eigenvalue weighted by Gasteiger charge is -2.47. The van der Waals surface area contributed by atoms with E-state index in [0.29, 0.717) is 16.1 Å². The molecule has 0 aliphatic carbocycles. The predicted molar refractivity (Wildman–Crippen MR) is 148 cm³/mol. The topological polar surface area (TPSA) is 90.9 Å². The van der Waals surface area contributed by atoms with Crippen LogP contribution in [-0.2, 0) is 20.8 Å². The molecule has 0 saturated carbocycles. The SMILES string of the molecule is CC(=O)N(C(Cc1ccccc1)C(=O)C(F)(F)F)N1C(=O)C(C(C)C)N(C(=O)c2ccccn2)C=C1c1ccccc1. The summed E-state index contributed by atoms with van der Waals surface area (Å²) in [6, 6.07) is 17.4. The van der Waals surface area contributed by atoms with Crippen LogP contribution in [0.1, 0.15) is 42.4 Å². The molecule has 1 aromatic heterocycles. The minimum Gasteiger partial charge on any atom is -0.299 e. The van der Waals surface area contributed by atoms with Crippen molar-refractivity contribution in [3.8, 4) is 0 Å². The largest absolute Gasteiger partial charge is 0.452 e. The highest BCUT2D eigenvalue weighted by atomic mass is 19.4. The van der Waals surface area contributed by atoms with Gasteiger partial charge in [0.15, 0.2) is 0 Å². The van der Waals surface area contributed by atoms with Crippen molar-refractivity contribution in [1.82, 2.24) is 19.9 Å². The first-order valence-corrected chi connectivity index (χ1v) is 13.2. The Morgan fingerprint density at radius 1 is 0.929 bits per heavy atom. The lowest BCUT2D eigenvalue weighted by molar-refractivity contribution is -0.187. The van der Waals surface area contributed by atoms with Crippen LogP contribution in [0.3, 0.4) is 0 Å². The van der Waals surface area contributed by atoms with Gasteiger partial charge >= 0.3 is 6.18 Å². The Kier molecular flexibility index (Phi) is 8.89. The molecule has 0 fully saturated rings. The van der Waals surface area contributed by atoms with Crippen LogP contribution in [0.5, 0.6) is 0 Å². The average Bonchev–Trinajstić information content (AvgIpc) is 2.97. The van der Waals surface area contributed by atoms with E-state index in [9.17, 15) is 32.3 Å². The number of hydrazine groups is 1. The molecular weight excluding hydrogens is 549 g/mol. The van der Waals surface area contributed by atoms with Gasteiger partial charge in [0.1, 0.15) is 17.8 Å². The number of alkyl halides is 3. The van der Waals surface area contributed by atoms with Crippen LogP contribution in [0.4, 0.5) is 13.2 Å². The molecule has 0 saturated heterocycles. The molecule has 3 aromatic rings. The number of amides is 3. The normalized spacial score (nSPS) is 16.2. The summed E-state index contributed by atoms with van der Waals surface area (Å²) < 4.78 is 42.0. The van der Waals surface area contributed by atoms with E-state index in [0.717, 1.165) is 11.9 Å². The Labute approximate surface area is 241 Å². The maximum Gasteiger partial charge on any atom is 0.452 e. The van der Waals surface area contributed by atoms with E-state index in [2.05, 4.69) is 4.98 Å². The van der Waals surface area contributed by atoms with E-state index in [4.69, 9.17) is 0 Å². The minimum absolute atomic E-state index is 0.0469. The van der Waals surface area contributed by atoms with Crippen LogP contribution in [0.15, 0.2) is 91.3 Å². The number of hydrogen-bond donors (Lipinski definition) is 0. The Morgan fingerprint density at radius 3 is 2.05 bits per heavy atom. The summed E-state index contributed by atoms with van der Waals surface area (Å²) in [4.78, 5) is 59.4. The number of rotatable bonds is 8. The molecule has 4 rings (SSSR count). The van der Waals surface area contributed by atoms with Gasteiger partial charge in [0.25, 0.3) is 17.6 Å². The third kappa shape index (κ3) is 6.24. The number of pyridine rings is 1. The zero-order chi connectivity index (χ0) is 30.6. The summed E-state index contributed by atoms with van der Waals surface area (Å²) in [6.45, 7) is 4.33. The highest BCUT2D eigenvalue weighted by Crippen LogP contribution is 2.35. The van der Waals surface area contributed by atoms with E-state index in [1.807, 2.05) is 0 Å². The van der Waals surface area contributed by atoms with Crippen molar-refractivity contribution in [2.24, 2.45) is 5.92 Å². The zero-order valence-electron chi connectivity index (χ0n) is 23.2. The van der Waals surface area contributed by atoms with Crippen molar-refractivity contribution in [1.29, 1.82) is 0 Å². The molecule has 1 aliphatic rings. The van der Waals surface area contributed by atoms with Crippen LogP contribution in [0.25, 0.3) is 5.70 Å². The number of carbonyl (C=O) groups is 4. The van der Waals surface area contributed by atoms with Gasteiger partial charge in [-0.15, -0.1) is 0 Å². The summed E-state index contributed by atoms with van der Waals surface area (Å²) in [5, 5.41) is 1.39. The van der Waals surface area contributed by atoms with Crippen molar-refractivity contribution < 1.29 is 32.3 Å². The molecule has 0 N–H and O–H groups in total. The second-order valence-corrected chi connectivity index (χ2v) is 10.1. The van der Waals surface area contributed by atoms with Crippen LogP contribution < -0.4 is 0 Å². The number of carbonyl (C=O) groups excluding carboxylic acids is 4. The molecule has 1 aliphatic heterocycles. The van der Waals surface area contributed by atoms with E-state index < -0.39 is 54.1 Å². The van der Waals surface area contributed by atoms with E-state index in [1.54, 1.807) is 74.5 Å². The number of Topliss-reactive ketones (excluding diaryl/α,β-unsaturated/α-hetero) is 1. The highest BCUT2D eigenvalue weighted by Gasteiger charge is 2.51. The first-order valence-electron chi connectivity index (χ1n) is 13.2. The number of hydrogen-bond acceptors (Lipinski definition) is 5. The van der Waals surface area contributed by atoms with Crippen LogP contribution >= 0.6 is 0 Å². The lowest BCUT2D eigenvalue weighted by atomic mass is 9.96. The molecule has 3 amide bonds. The molecule has 8 nitrogen and oxygen atoms in total. The highest BCUT2D eigenvalue weighted by molar-refractivity contribution is 6.03. The molecule has 0 bridgehead atoms. The van der Waals surface area contributed by atoms with Crippen molar-refractivity contribution in [2.45, 2.75) is 45.5 Å². The number of ketones is 1. The van der Waals surface area contributed by atoms with Crippen LogP contribution in [-0.4, -0.2) is 61.7 Å². The van der Waals surface area contributed by atoms with Gasteiger partial charge in [-0.2, -0.15) is 13.2 Å². The molecule has 0 spiro atoms. The Morgan fingerprint density at radius 2 is 1.52 bits per heavy atom. The molecule has 11 heteroatoms. The Balaban J connectivity index is 1.95. The maximum absolute atomic E-state index is 14.4. The van der Waals surface area contributed by atoms with Crippen LogP contribution in [0.2, 0.25) is 0 Å². The summed E-state index contributed by atoms with van der Waals surface area (Å²) in [5.41, 5.74) is 0.681. The van der Waals surface area contributed by atoms with Gasteiger partial charge < -0.3 is 0 Å². The number of benzene rings is 2. The average molecular weight is 579 g/mol. The zero-order valence-corrected chi connectivity index (χ0v) is 23.2. The van der Waals surface area contributed by atoms with Crippen molar-refractivity contribution in [3.05, 3.63) is 108 Å². The summed E-state index contributed by atoms with van der Waals surface area (Å²) in [5.74, 6) is -5.15. The smallest absolute Gasteiger partial charge is 0.299 e. The van der Waals surface area contributed by atoms with E-state index in [-0.39, 0.29) is 11.4 Å². The number of aromatic nitrogens is 1. The third-order valence-corrected chi connectivity index (χ3v) is 6.76. The molecule has 0 radical (unpaired) electrons. The molecule has 2 heterocycles. The second-order valence-electron chi connectivity index (χ2n) is 10.1. The van der Waals surface area contributed by atoms with Crippen molar-refractivity contribution in [2.75, 3.05) is 0 Å². The molecule has 2 atom stereocenters. The summed E-state index contributed by atoms with van der Waals surface area (Å²) in [7, 11) is 0. The predicted octanol–water partition coefficient (Wildman–Crippen LogP) is 4.90. The third-order valence-electron chi connectivity index (χ3n) is 6.76. The maximum atomic E-state index is 14.4. The fourth-order valence-corrected chi connectivity index (χ4v) is 4.89. The number of nitrogens with zero attached hydrogens (tertiary/aromatic N) is 4. The Bertz CT molecular complexity index is 1480. The van der Waals surface area contributed by atoms with E-state index >= 15 is 0 Å². The monoisotopic (exact) mass is 578 g/mol. The fraction of sp³-hybridized carbons (Fsp3) is 0.258. The summed E-state index contributed by atoms with van der Waals surface area (Å²) in [6.07, 6.45) is -3.06. The first kappa shape index (κ1) is 30.2. The summed E-state index contributed by atoms with van der Waals surface area (Å²) >= 11 is 0. The van der Waals surface area contributed by atoms with Crippen molar-refractivity contribution in [3.63, 3.8) is 0 Å². The molecular formula is C31H29F3N4O4. The molecule has 2 aromatic carbocycles. The quantitative estimate of drug-likeness (QED) is 0.380. The minimum atomic E-state index is -5.30. The standard InChI is InChI=1S/C31H29F3N4O4/c1-20(2)27-30(42)38(37(21(3)39)25(28(40)31(32,33)34)18-22-12-6-4-7-13-22)26(23-14-8-5-9-15-23)19-36(27)29(41)24-16-10-11-17-35-24/h4-17,19-20,25,27H,18H2,1-3H3. The van der Waals surface area contributed by atoms with Gasteiger partial charge in [-0.25, -0.2) is 10.0 Å². The van der Waals surface area contributed by atoms with Crippen LogP contribution in [0, 0.1) is 5.92 Å². The van der Waals surface area contributed by atoms with Gasteiger partial charge in [0, 0.05) is 31.3 Å². The lowest BCUT2D eigenvalue weighted by Crippen LogP contribution is -2.64.